The molecule has 2 rings (SSSR count). The van der Waals surface area contributed by atoms with Crippen molar-refractivity contribution in [3.05, 3.63) is 18.2 Å². The molecule has 28 heavy (non-hydrogen) atoms. The minimum Gasteiger partial charge on any atom is -0.490 e. The SMILES string of the molecule is CCNC(=NCCCCCCCN(C)C)Nc1ccc2c(c1)OCCCO2.I. The zero-order valence-corrected chi connectivity index (χ0v) is 20.0. The Hall–Kier alpha value is -1.22. The highest BCUT2D eigenvalue weighted by molar-refractivity contribution is 14.0. The highest BCUT2D eigenvalue weighted by Crippen LogP contribution is 2.32. The van der Waals surface area contributed by atoms with Crippen LogP contribution in [0.15, 0.2) is 23.2 Å². The third-order valence-corrected chi connectivity index (χ3v) is 4.39. The maximum Gasteiger partial charge on any atom is 0.195 e. The van der Waals surface area contributed by atoms with Crippen LogP contribution in [0.1, 0.15) is 45.4 Å². The Kier molecular flexibility index (Phi) is 13.1. The first-order chi connectivity index (χ1) is 13.2. The predicted molar refractivity (Wildman–Crippen MR) is 129 cm³/mol. The van der Waals surface area contributed by atoms with Gasteiger partial charge in [-0.1, -0.05) is 19.3 Å². The smallest absolute Gasteiger partial charge is 0.195 e. The molecule has 1 aliphatic heterocycles. The van der Waals surface area contributed by atoms with Crippen LogP contribution in [0.5, 0.6) is 11.5 Å². The van der Waals surface area contributed by atoms with Crippen molar-refractivity contribution in [2.45, 2.75) is 45.4 Å². The molecule has 0 atom stereocenters. The van der Waals surface area contributed by atoms with E-state index < -0.39 is 0 Å². The van der Waals surface area contributed by atoms with Crippen LogP contribution >= 0.6 is 24.0 Å². The Bertz CT molecular complexity index is 582. The molecule has 1 aliphatic rings. The summed E-state index contributed by atoms with van der Waals surface area (Å²) >= 11 is 0. The second kappa shape index (κ2) is 14.7. The predicted octanol–water partition coefficient (Wildman–Crippen LogP) is 4.36. The molecule has 0 amide bonds. The number of hydrogen-bond acceptors (Lipinski definition) is 4. The first kappa shape index (κ1) is 24.8. The number of aliphatic imine (C=N–C) groups is 1. The van der Waals surface area contributed by atoms with E-state index in [2.05, 4.69) is 36.6 Å². The lowest BCUT2D eigenvalue weighted by molar-refractivity contribution is 0.297. The number of nitrogens with zero attached hydrogens (tertiary/aromatic N) is 2. The van der Waals surface area contributed by atoms with E-state index in [-0.39, 0.29) is 24.0 Å². The van der Waals surface area contributed by atoms with E-state index in [9.17, 15) is 0 Å². The molecular formula is C21H37IN4O2. The van der Waals surface area contributed by atoms with E-state index in [4.69, 9.17) is 14.5 Å². The normalized spacial score (nSPS) is 13.6. The van der Waals surface area contributed by atoms with Crippen molar-refractivity contribution in [2.24, 2.45) is 4.99 Å². The highest BCUT2D eigenvalue weighted by Gasteiger charge is 2.11. The quantitative estimate of drug-likeness (QED) is 0.215. The first-order valence-corrected chi connectivity index (χ1v) is 10.3. The molecule has 0 unspecified atom stereocenters. The number of fused-ring (bicyclic) bond motifs is 1. The molecule has 1 aromatic rings. The molecule has 0 aromatic heterocycles. The van der Waals surface area contributed by atoms with E-state index in [0.717, 1.165) is 49.1 Å². The van der Waals surface area contributed by atoms with Gasteiger partial charge in [0.15, 0.2) is 17.5 Å². The van der Waals surface area contributed by atoms with Crippen molar-refractivity contribution < 1.29 is 9.47 Å². The maximum absolute atomic E-state index is 5.76. The summed E-state index contributed by atoms with van der Waals surface area (Å²) in [6, 6.07) is 5.95. The monoisotopic (exact) mass is 504 g/mol. The Labute approximate surface area is 187 Å². The number of nitrogens with one attached hydrogen (secondary N) is 2. The highest BCUT2D eigenvalue weighted by atomic mass is 127. The van der Waals surface area contributed by atoms with E-state index >= 15 is 0 Å². The topological polar surface area (TPSA) is 58.1 Å². The molecule has 0 saturated carbocycles. The van der Waals surface area contributed by atoms with Gasteiger partial charge in [-0.15, -0.1) is 24.0 Å². The fourth-order valence-electron chi connectivity index (χ4n) is 2.95. The third-order valence-electron chi connectivity index (χ3n) is 4.39. The van der Waals surface area contributed by atoms with Crippen molar-refractivity contribution in [3.8, 4) is 11.5 Å². The first-order valence-electron chi connectivity index (χ1n) is 10.3. The van der Waals surface area contributed by atoms with Gasteiger partial charge in [-0.3, -0.25) is 4.99 Å². The van der Waals surface area contributed by atoms with Gasteiger partial charge in [-0.05, 0) is 52.5 Å². The zero-order valence-electron chi connectivity index (χ0n) is 17.6. The lowest BCUT2D eigenvalue weighted by atomic mass is 10.1. The number of halogens is 1. The van der Waals surface area contributed by atoms with Gasteiger partial charge in [0.05, 0.1) is 13.2 Å². The molecule has 6 nitrogen and oxygen atoms in total. The number of anilines is 1. The molecule has 0 radical (unpaired) electrons. The molecule has 0 spiro atoms. The van der Waals surface area contributed by atoms with Crippen LogP contribution in [0, 0.1) is 0 Å². The van der Waals surface area contributed by atoms with Crippen LogP contribution in [0.2, 0.25) is 0 Å². The van der Waals surface area contributed by atoms with Crippen LogP contribution in [-0.4, -0.2) is 57.8 Å². The summed E-state index contributed by atoms with van der Waals surface area (Å²) in [5, 5.41) is 6.68. The lowest BCUT2D eigenvalue weighted by Gasteiger charge is -2.13. The Morgan fingerprint density at radius 3 is 2.50 bits per heavy atom. The minimum atomic E-state index is 0. The molecule has 2 N–H and O–H groups in total. The van der Waals surface area contributed by atoms with Gasteiger partial charge < -0.3 is 25.0 Å². The second-order valence-electron chi connectivity index (χ2n) is 7.17. The summed E-state index contributed by atoms with van der Waals surface area (Å²) in [6.45, 7) is 6.34. The number of ether oxygens (including phenoxy) is 2. The van der Waals surface area contributed by atoms with Crippen molar-refractivity contribution in [1.29, 1.82) is 0 Å². The molecule has 7 heteroatoms. The van der Waals surface area contributed by atoms with E-state index in [1.54, 1.807) is 0 Å². The molecule has 1 heterocycles. The fraction of sp³-hybridized carbons (Fsp3) is 0.667. The summed E-state index contributed by atoms with van der Waals surface area (Å²) in [5.74, 6) is 2.43. The Morgan fingerprint density at radius 1 is 1.04 bits per heavy atom. The fourth-order valence-corrected chi connectivity index (χ4v) is 2.95. The summed E-state index contributed by atoms with van der Waals surface area (Å²) in [5.41, 5.74) is 0.961. The van der Waals surface area contributed by atoms with Gasteiger partial charge in [0.2, 0.25) is 0 Å². The summed E-state index contributed by atoms with van der Waals surface area (Å²) in [6.07, 6.45) is 7.15. The Morgan fingerprint density at radius 2 is 1.75 bits per heavy atom. The van der Waals surface area contributed by atoms with Gasteiger partial charge in [0.1, 0.15) is 0 Å². The van der Waals surface area contributed by atoms with Crippen LogP contribution < -0.4 is 20.1 Å². The largest absolute Gasteiger partial charge is 0.490 e. The molecule has 0 saturated heterocycles. The molecule has 0 fully saturated rings. The molecular weight excluding hydrogens is 467 g/mol. The van der Waals surface area contributed by atoms with E-state index in [0.29, 0.717) is 13.2 Å². The van der Waals surface area contributed by atoms with Gasteiger partial charge in [-0.2, -0.15) is 0 Å². The minimum absolute atomic E-state index is 0. The molecule has 160 valence electrons. The standard InChI is InChI=1S/C21H36N4O2.HI/c1-4-22-21(23-13-8-6-5-7-9-14-25(2)3)24-18-11-12-19-20(17-18)27-16-10-15-26-19;/h11-12,17H,4-10,13-16H2,1-3H3,(H2,22,23,24);1H. The molecule has 1 aromatic carbocycles. The summed E-state index contributed by atoms with van der Waals surface area (Å²) in [4.78, 5) is 6.95. The van der Waals surface area contributed by atoms with Crippen LogP contribution in [0.25, 0.3) is 0 Å². The van der Waals surface area contributed by atoms with Crippen molar-refractivity contribution in [3.63, 3.8) is 0 Å². The van der Waals surface area contributed by atoms with Gasteiger partial charge in [-0.25, -0.2) is 0 Å². The average molecular weight is 504 g/mol. The Balaban J connectivity index is 0.00000392. The van der Waals surface area contributed by atoms with Crippen molar-refractivity contribution in [1.82, 2.24) is 10.2 Å². The number of guanidine groups is 1. The molecule has 0 bridgehead atoms. The second-order valence-corrected chi connectivity index (χ2v) is 7.17. The lowest BCUT2D eigenvalue weighted by Crippen LogP contribution is -2.30. The number of benzene rings is 1. The van der Waals surface area contributed by atoms with Crippen LogP contribution in [-0.2, 0) is 0 Å². The number of hydrogen-bond donors (Lipinski definition) is 2. The van der Waals surface area contributed by atoms with Crippen LogP contribution in [0.4, 0.5) is 5.69 Å². The zero-order chi connectivity index (χ0) is 19.3. The summed E-state index contributed by atoms with van der Waals surface area (Å²) < 4.78 is 11.4. The summed E-state index contributed by atoms with van der Waals surface area (Å²) in [7, 11) is 4.26. The van der Waals surface area contributed by atoms with Gasteiger partial charge >= 0.3 is 0 Å². The van der Waals surface area contributed by atoms with Crippen LogP contribution in [0.3, 0.4) is 0 Å². The van der Waals surface area contributed by atoms with Crippen molar-refractivity contribution >= 4 is 35.6 Å². The molecule has 0 aliphatic carbocycles. The van der Waals surface area contributed by atoms with Gasteiger partial charge in [0.25, 0.3) is 0 Å². The third kappa shape index (κ3) is 9.82. The van der Waals surface area contributed by atoms with E-state index in [1.165, 1.54) is 32.2 Å². The van der Waals surface area contributed by atoms with Gasteiger partial charge in [0, 0.05) is 31.3 Å². The number of rotatable bonds is 10. The number of unbranched alkanes of at least 4 members (excludes halogenated alkanes) is 4. The maximum atomic E-state index is 5.76. The van der Waals surface area contributed by atoms with E-state index in [1.807, 2.05) is 18.2 Å². The van der Waals surface area contributed by atoms with Crippen molar-refractivity contribution in [2.75, 3.05) is 52.3 Å². The average Bonchev–Trinajstić information content (AvgIpc) is 2.88.